The molecule has 0 radical (unpaired) electrons. The average Bonchev–Trinajstić information content (AvgIpc) is 2.46. The highest BCUT2D eigenvalue weighted by atomic mass is 35.5. The number of aliphatic hydroxyl groups is 1. The molecule has 0 saturated carbocycles. The molecule has 1 unspecified atom stereocenters. The van der Waals surface area contributed by atoms with E-state index in [9.17, 15) is 5.11 Å². The molecule has 0 bridgehead atoms. The van der Waals surface area contributed by atoms with Crippen LogP contribution in [0.3, 0.4) is 0 Å². The molecule has 0 aliphatic heterocycles. The predicted molar refractivity (Wildman–Crippen MR) is 75.9 cm³/mol. The maximum absolute atomic E-state index is 10.3. The van der Waals surface area contributed by atoms with Gasteiger partial charge in [-0.3, -0.25) is 0 Å². The first kappa shape index (κ1) is 14.1. The lowest BCUT2D eigenvalue weighted by molar-refractivity contribution is 0.218. The van der Waals surface area contributed by atoms with Gasteiger partial charge in [-0.25, -0.2) is 9.97 Å². The molecule has 4 nitrogen and oxygen atoms in total. The minimum atomic E-state index is -0.876. The topological polar surface area (TPSA) is 55.2 Å². The number of hydrogen-bond acceptors (Lipinski definition) is 5. The summed E-state index contributed by atoms with van der Waals surface area (Å²) in [6.07, 6.45) is 2.54. The summed E-state index contributed by atoms with van der Waals surface area (Å²) in [5.41, 5.74) is 1.16. The van der Waals surface area contributed by atoms with Crippen molar-refractivity contribution >= 4 is 23.4 Å². The first-order valence-electron chi connectivity index (χ1n) is 5.54. The summed E-state index contributed by atoms with van der Waals surface area (Å²) >= 11 is 7.47. The van der Waals surface area contributed by atoms with Crippen LogP contribution in [0.1, 0.15) is 17.2 Å². The molecule has 100 valence electrons. The molecular formula is C13H13ClN2O2S. The number of nitrogens with zero attached hydrogens (tertiary/aromatic N) is 2. The molecule has 1 aromatic heterocycles. The summed E-state index contributed by atoms with van der Waals surface area (Å²) in [5.74, 6) is 0.675. The number of aliphatic hydroxyl groups excluding tert-OH is 1. The van der Waals surface area contributed by atoms with Crippen LogP contribution in [0.5, 0.6) is 5.75 Å². The summed E-state index contributed by atoms with van der Waals surface area (Å²) in [6, 6.07) is 7.17. The maximum Gasteiger partial charge on any atom is 0.188 e. The minimum absolute atomic E-state index is 0.259. The molecule has 0 aliphatic rings. The first-order valence-corrected chi connectivity index (χ1v) is 7.14. The van der Waals surface area contributed by atoms with E-state index in [2.05, 4.69) is 9.97 Å². The van der Waals surface area contributed by atoms with Gasteiger partial charge in [-0.1, -0.05) is 35.5 Å². The van der Waals surface area contributed by atoms with Crippen molar-refractivity contribution in [1.29, 1.82) is 0 Å². The Hall–Kier alpha value is -1.30. The van der Waals surface area contributed by atoms with E-state index in [0.717, 1.165) is 0 Å². The van der Waals surface area contributed by atoms with Gasteiger partial charge in [0.15, 0.2) is 5.16 Å². The van der Waals surface area contributed by atoms with Crippen molar-refractivity contribution in [2.75, 3.05) is 13.4 Å². The lowest BCUT2D eigenvalue weighted by atomic mass is 10.0. The Morgan fingerprint density at radius 1 is 1.42 bits per heavy atom. The van der Waals surface area contributed by atoms with Crippen molar-refractivity contribution in [3.63, 3.8) is 0 Å². The van der Waals surface area contributed by atoms with Crippen molar-refractivity contribution < 1.29 is 9.84 Å². The first-order chi connectivity index (χ1) is 9.15. The van der Waals surface area contributed by atoms with Gasteiger partial charge >= 0.3 is 0 Å². The van der Waals surface area contributed by atoms with E-state index in [1.54, 1.807) is 25.4 Å². The Bertz CT molecular complexity index is 580. The van der Waals surface area contributed by atoms with Crippen LogP contribution < -0.4 is 4.74 Å². The van der Waals surface area contributed by atoms with Gasteiger partial charge in [0.2, 0.25) is 0 Å². The second kappa shape index (κ2) is 6.23. The molecule has 1 N–H and O–H groups in total. The van der Waals surface area contributed by atoms with Crippen LogP contribution in [0.2, 0.25) is 5.15 Å². The van der Waals surface area contributed by atoms with Crippen molar-refractivity contribution in [3.8, 4) is 5.75 Å². The molecule has 1 aromatic carbocycles. The lowest BCUT2D eigenvalue weighted by Gasteiger charge is -2.13. The number of halogens is 1. The van der Waals surface area contributed by atoms with Gasteiger partial charge in [-0.15, -0.1) is 0 Å². The summed E-state index contributed by atoms with van der Waals surface area (Å²) in [4.78, 5) is 8.23. The number of aromatic nitrogens is 2. The van der Waals surface area contributed by atoms with Gasteiger partial charge in [0.1, 0.15) is 17.0 Å². The zero-order valence-corrected chi connectivity index (χ0v) is 12.1. The van der Waals surface area contributed by atoms with Crippen LogP contribution in [-0.4, -0.2) is 28.4 Å². The summed E-state index contributed by atoms with van der Waals surface area (Å²) in [7, 11) is 1.58. The highest BCUT2D eigenvalue weighted by Gasteiger charge is 2.16. The highest BCUT2D eigenvalue weighted by molar-refractivity contribution is 7.98. The number of benzene rings is 1. The number of rotatable bonds is 4. The van der Waals surface area contributed by atoms with Crippen LogP contribution in [0.15, 0.2) is 35.6 Å². The molecule has 0 amide bonds. The average molecular weight is 297 g/mol. The van der Waals surface area contributed by atoms with E-state index in [1.807, 2.05) is 18.4 Å². The summed E-state index contributed by atoms with van der Waals surface area (Å²) < 4.78 is 5.13. The molecule has 2 aromatic rings. The molecule has 6 heteroatoms. The fourth-order valence-corrected chi connectivity index (χ4v) is 2.25. The van der Waals surface area contributed by atoms with Crippen molar-refractivity contribution in [2.24, 2.45) is 0 Å². The maximum atomic E-state index is 10.3. The van der Waals surface area contributed by atoms with Crippen molar-refractivity contribution in [1.82, 2.24) is 9.97 Å². The van der Waals surface area contributed by atoms with E-state index in [0.29, 0.717) is 22.0 Å². The Morgan fingerprint density at radius 3 is 2.84 bits per heavy atom. The van der Waals surface area contributed by atoms with Gasteiger partial charge in [0.25, 0.3) is 0 Å². The molecule has 2 rings (SSSR count). The largest absolute Gasteiger partial charge is 0.497 e. The zero-order chi connectivity index (χ0) is 13.8. The minimum Gasteiger partial charge on any atom is -0.497 e. The molecule has 0 spiro atoms. The van der Waals surface area contributed by atoms with Gasteiger partial charge in [0, 0.05) is 11.8 Å². The number of methoxy groups -OCH3 is 1. The standard InChI is InChI=1S/C13H13ClN2O2S/c1-18-9-5-3-4-8(6-9)11(17)10-7-15-13(19-2)16-12(10)14/h3-7,11,17H,1-2H3. The van der Waals surface area contributed by atoms with E-state index in [-0.39, 0.29) is 5.15 Å². The third-order valence-electron chi connectivity index (χ3n) is 2.63. The molecule has 0 saturated heterocycles. The number of thioether (sulfide) groups is 1. The van der Waals surface area contributed by atoms with Crippen LogP contribution in [0.25, 0.3) is 0 Å². The lowest BCUT2D eigenvalue weighted by Crippen LogP contribution is -2.03. The molecule has 1 heterocycles. The Morgan fingerprint density at radius 2 is 2.21 bits per heavy atom. The molecular weight excluding hydrogens is 284 g/mol. The predicted octanol–water partition coefficient (Wildman–Crippen LogP) is 2.94. The summed E-state index contributed by atoms with van der Waals surface area (Å²) in [6.45, 7) is 0. The van der Waals surface area contributed by atoms with Gasteiger partial charge in [0.05, 0.1) is 7.11 Å². The fourth-order valence-electron chi connectivity index (χ4n) is 1.63. The van der Waals surface area contributed by atoms with Crippen molar-refractivity contribution in [2.45, 2.75) is 11.3 Å². The molecule has 0 fully saturated rings. The third-order valence-corrected chi connectivity index (χ3v) is 3.50. The molecule has 0 aliphatic carbocycles. The molecule has 19 heavy (non-hydrogen) atoms. The Labute approximate surface area is 120 Å². The fraction of sp³-hybridized carbons (Fsp3) is 0.231. The SMILES string of the molecule is COc1cccc(C(O)c2cnc(SC)nc2Cl)c1. The van der Waals surface area contributed by atoms with Crippen LogP contribution >= 0.6 is 23.4 Å². The Kier molecular flexibility index (Phi) is 4.63. The Balaban J connectivity index is 2.35. The third kappa shape index (κ3) is 3.18. The van der Waals surface area contributed by atoms with Crippen molar-refractivity contribution in [3.05, 3.63) is 46.7 Å². The van der Waals surface area contributed by atoms with E-state index >= 15 is 0 Å². The number of ether oxygens (including phenoxy) is 1. The van der Waals surface area contributed by atoms with Gasteiger partial charge < -0.3 is 9.84 Å². The zero-order valence-electron chi connectivity index (χ0n) is 10.5. The monoisotopic (exact) mass is 296 g/mol. The normalized spacial score (nSPS) is 12.2. The van der Waals surface area contributed by atoms with E-state index in [4.69, 9.17) is 16.3 Å². The van der Waals surface area contributed by atoms with E-state index in [1.165, 1.54) is 11.8 Å². The quantitative estimate of drug-likeness (QED) is 0.534. The van der Waals surface area contributed by atoms with Crippen LogP contribution in [0.4, 0.5) is 0 Å². The van der Waals surface area contributed by atoms with Gasteiger partial charge in [-0.2, -0.15) is 0 Å². The van der Waals surface area contributed by atoms with E-state index < -0.39 is 6.10 Å². The second-order valence-corrected chi connectivity index (χ2v) is 4.91. The summed E-state index contributed by atoms with van der Waals surface area (Å²) in [5, 5.41) is 11.2. The smallest absolute Gasteiger partial charge is 0.188 e. The van der Waals surface area contributed by atoms with Crippen LogP contribution in [-0.2, 0) is 0 Å². The second-order valence-electron chi connectivity index (χ2n) is 3.78. The highest BCUT2D eigenvalue weighted by Crippen LogP contribution is 2.29. The molecule has 1 atom stereocenters. The van der Waals surface area contributed by atoms with Gasteiger partial charge in [-0.05, 0) is 24.0 Å². The van der Waals surface area contributed by atoms with Crippen LogP contribution in [0, 0.1) is 0 Å². The number of hydrogen-bond donors (Lipinski definition) is 1.